The second kappa shape index (κ2) is 7.63. The molecule has 1 heterocycles. The van der Waals surface area contributed by atoms with Gasteiger partial charge in [0.25, 0.3) is 5.91 Å². The molecule has 26 heavy (non-hydrogen) atoms. The number of nitrogens with zero attached hydrogens (tertiary/aromatic N) is 1. The summed E-state index contributed by atoms with van der Waals surface area (Å²) in [7, 11) is -2.43. The SMILES string of the molecule is CCC(C)(NC(=O)c1ccc(OC)c(S(=O)(=O)N2CCCC2)c1)C(=O)O. The van der Waals surface area contributed by atoms with Crippen molar-refractivity contribution in [2.75, 3.05) is 20.2 Å². The molecule has 1 aromatic carbocycles. The van der Waals surface area contributed by atoms with E-state index in [1.54, 1.807) is 6.92 Å². The van der Waals surface area contributed by atoms with E-state index in [0.29, 0.717) is 13.1 Å². The predicted molar refractivity (Wildman–Crippen MR) is 94.8 cm³/mol. The fourth-order valence-corrected chi connectivity index (χ4v) is 4.40. The van der Waals surface area contributed by atoms with E-state index in [1.165, 1.54) is 36.5 Å². The van der Waals surface area contributed by atoms with Crippen LogP contribution < -0.4 is 10.1 Å². The molecule has 1 aromatic rings. The van der Waals surface area contributed by atoms with Crippen molar-refractivity contribution in [2.45, 2.75) is 43.5 Å². The Morgan fingerprint density at radius 2 is 1.92 bits per heavy atom. The summed E-state index contributed by atoms with van der Waals surface area (Å²) in [5, 5.41) is 11.8. The lowest BCUT2D eigenvalue weighted by Crippen LogP contribution is -2.51. The van der Waals surface area contributed by atoms with Crippen LogP contribution in [0.4, 0.5) is 0 Å². The van der Waals surface area contributed by atoms with Crippen LogP contribution in [-0.2, 0) is 14.8 Å². The number of ether oxygens (including phenoxy) is 1. The minimum Gasteiger partial charge on any atom is -0.495 e. The number of hydrogen-bond acceptors (Lipinski definition) is 5. The van der Waals surface area contributed by atoms with Crippen LogP contribution in [0.3, 0.4) is 0 Å². The van der Waals surface area contributed by atoms with Crippen LogP contribution in [0.1, 0.15) is 43.5 Å². The third-order valence-electron chi connectivity index (χ3n) is 4.68. The van der Waals surface area contributed by atoms with Gasteiger partial charge in [-0.15, -0.1) is 0 Å². The molecule has 0 bridgehead atoms. The lowest BCUT2D eigenvalue weighted by Gasteiger charge is -2.25. The first-order valence-corrected chi connectivity index (χ1v) is 9.84. The molecule has 9 heteroatoms. The molecule has 1 saturated heterocycles. The van der Waals surface area contributed by atoms with Gasteiger partial charge in [0, 0.05) is 18.7 Å². The van der Waals surface area contributed by atoms with E-state index in [-0.39, 0.29) is 22.6 Å². The number of sulfonamides is 1. The normalized spacial score (nSPS) is 17.5. The molecule has 8 nitrogen and oxygen atoms in total. The van der Waals surface area contributed by atoms with Crippen LogP contribution in [0, 0.1) is 0 Å². The molecule has 1 amide bonds. The number of methoxy groups -OCH3 is 1. The zero-order valence-corrected chi connectivity index (χ0v) is 15.9. The highest BCUT2D eigenvalue weighted by Crippen LogP contribution is 2.30. The van der Waals surface area contributed by atoms with E-state index < -0.39 is 27.4 Å². The van der Waals surface area contributed by atoms with Crippen LogP contribution in [0.2, 0.25) is 0 Å². The van der Waals surface area contributed by atoms with Gasteiger partial charge < -0.3 is 15.2 Å². The Morgan fingerprint density at radius 3 is 2.42 bits per heavy atom. The molecule has 0 radical (unpaired) electrons. The fourth-order valence-electron chi connectivity index (χ4n) is 2.70. The van der Waals surface area contributed by atoms with Gasteiger partial charge in [-0.05, 0) is 44.4 Å². The van der Waals surface area contributed by atoms with Crippen molar-refractivity contribution >= 4 is 21.9 Å². The van der Waals surface area contributed by atoms with Gasteiger partial charge in [0.15, 0.2) is 0 Å². The highest BCUT2D eigenvalue weighted by molar-refractivity contribution is 7.89. The summed E-state index contributed by atoms with van der Waals surface area (Å²) in [6.45, 7) is 3.90. The number of benzene rings is 1. The summed E-state index contributed by atoms with van der Waals surface area (Å²) in [5.74, 6) is -1.67. The summed E-state index contributed by atoms with van der Waals surface area (Å²) in [4.78, 5) is 23.8. The summed E-state index contributed by atoms with van der Waals surface area (Å²) in [6.07, 6.45) is 1.76. The Hall–Kier alpha value is -2.13. The third-order valence-corrected chi connectivity index (χ3v) is 6.60. The molecule has 2 N–H and O–H groups in total. The Kier molecular flexibility index (Phi) is 5.92. The van der Waals surface area contributed by atoms with Gasteiger partial charge in [0.2, 0.25) is 10.0 Å². The maximum Gasteiger partial charge on any atom is 0.329 e. The van der Waals surface area contributed by atoms with Gasteiger partial charge >= 0.3 is 5.97 Å². The van der Waals surface area contributed by atoms with Crippen molar-refractivity contribution in [3.8, 4) is 5.75 Å². The Morgan fingerprint density at radius 1 is 1.31 bits per heavy atom. The number of hydrogen-bond donors (Lipinski definition) is 2. The smallest absolute Gasteiger partial charge is 0.329 e. The lowest BCUT2D eigenvalue weighted by molar-refractivity contribution is -0.143. The average molecular weight is 384 g/mol. The van der Waals surface area contributed by atoms with Crippen LogP contribution in [0.5, 0.6) is 5.75 Å². The molecule has 0 spiro atoms. The molecule has 1 fully saturated rings. The first-order chi connectivity index (χ1) is 12.2. The van der Waals surface area contributed by atoms with E-state index in [9.17, 15) is 23.1 Å². The van der Waals surface area contributed by atoms with E-state index in [0.717, 1.165) is 12.8 Å². The summed E-state index contributed by atoms with van der Waals surface area (Å²) in [5.41, 5.74) is -1.38. The van der Waals surface area contributed by atoms with Crippen molar-refractivity contribution in [2.24, 2.45) is 0 Å². The number of nitrogens with one attached hydrogen (secondary N) is 1. The zero-order valence-electron chi connectivity index (χ0n) is 15.1. The molecule has 0 saturated carbocycles. The van der Waals surface area contributed by atoms with E-state index >= 15 is 0 Å². The molecule has 2 rings (SSSR count). The van der Waals surface area contributed by atoms with Gasteiger partial charge in [-0.3, -0.25) is 4.79 Å². The second-order valence-electron chi connectivity index (χ2n) is 6.42. The van der Waals surface area contributed by atoms with E-state index in [1.807, 2.05) is 0 Å². The number of carbonyl (C=O) groups is 2. The lowest BCUT2D eigenvalue weighted by atomic mass is 9.98. The second-order valence-corrected chi connectivity index (χ2v) is 8.33. The van der Waals surface area contributed by atoms with Crippen molar-refractivity contribution < 1.29 is 27.9 Å². The van der Waals surface area contributed by atoms with Gasteiger partial charge in [-0.1, -0.05) is 6.92 Å². The molecule has 144 valence electrons. The van der Waals surface area contributed by atoms with Crippen LogP contribution in [-0.4, -0.2) is 55.4 Å². The molecule has 1 aliphatic heterocycles. The van der Waals surface area contributed by atoms with Crippen LogP contribution in [0.15, 0.2) is 23.1 Å². The maximum atomic E-state index is 12.9. The molecule has 1 unspecified atom stereocenters. The third kappa shape index (κ3) is 3.83. The average Bonchev–Trinajstić information content (AvgIpc) is 3.16. The quantitative estimate of drug-likeness (QED) is 0.736. The van der Waals surface area contributed by atoms with Crippen LogP contribution in [0.25, 0.3) is 0 Å². The summed E-state index contributed by atoms with van der Waals surface area (Å²) < 4.78 is 32.2. The number of amides is 1. The largest absolute Gasteiger partial charge is 0.495 e. The first kappa shape index (κ1) is 20.2. The maximum absolute atomic E-state index is 12.9. The zero-order chi connectivity index (χ0) is 19.5. The van der Waals surface area contributed by atoms with Gasteiger partial charge in [0.1, 0.15) is 16.2 Å². The summed E-state index contributed by atoms with van der Waals surface area (Å²) in [6, 6.07) is 4.05. The number of carboxylic acids is 1. The number of rotatable bonds is 7. The minimum atomic E-state index is -3.79. The van der Waals surface area contributed by atoms with Crippen molar-refractivity contribution in [3.05, 3.63) is 23.8 Å². The topological polar surface area (TPSA) is 113 Å². The van der Waals surface area contributed by atoms with E-state index in [2.05, 4.69) is 5.32 Å². The minimum absolute atomic E-state index is 0.0597. The van der Waals surface area contributed by atoms with Gasteiger partial charge in [0.05, 0.1) is 7.11 Å². The monoisotopic (exact) mass is 384 g/mol. The molecular formula is C17H24N2O6S. The van der Waals surface area contributed by atoms with E-state index in [4.69, 9.17) is 4.74 Å². The predicted octanol–water partition coefficient (Wildman–Crippen LogP) is 1.46. The number of aliphatic carboxylic acids is 1. The van der Waals surface area contributed by atoms with Crippen molar-refractivity contribution in [1.29, 1.82) is 0 Å². The van der Waals surface area contributed by atoms with Crippen molar-refractivity contribution in [3.63, 3.8) is 0 Å². The Balaban J connectivity index is 2.40. The Bertz CT molecular complexity index is 801. The molecule has 1 atom stereocenters. The molecule has 1 aliphatic rings. The van der Waals surface area contributed by atoms with Crippen LogP contribution >= 0.6 is 0 Å². The molecular weight excluding hydrogens is 360 g/mol. The highest BCUT2D eigenvalue weighted by atomic mass is 32.2. The first-order valence-electron chi connectivity index (χ1n) is 8.40. The van der Waals surface area contributed by atoms with Gasteiger partial charge in [-0.25, -0.2) is 13.2 Å². The fraction of sp³-hybridized carbons (Fsp3) is 0.529. The molecule has 0 aromatic heterocycles. The standard InChI is InChI=1S/C17H24N2O6S/c1-4-17(2,16(21)22)18-15(20)12-7-8-13(25-3)14(11-12)26(23,24)19-9-5-6-10-19/h7-8,11H,4-6,9-10H2,1-3H3,(H,18,20)(H,21,22). The van der Waals surface area contributed by atoms with Gasteiger partial charge in [-0.2, -0.15) is 4.31 Å². The Labute approximate surface area is 153 Å². The van der Waals surface area contributed by atoms with Crippen molar-refractivity contribution in [1.82, 2.24) is 9.62 Å². The molecule has 0 aliphatic carbocycles. The number of carboxylic acid groups (broad SMARTS) is 1. The number of carbonyl (C=O) groups excluding carboxylic acids is 1. The summed E-state index contributed by atoms with van der Waals surface area (Å²) >= 11 is 0. The highest BCUT2D eigenvalue weighted by Gasteiger charge is 2.34.